The Morgan fingerprint density at radius 1 is 1.07 bits per heavy atom. The lowest BCUT2D eigenvalue weighted by Gasteiger charge is -2.29. The molecule has 0 atom stereocenters. The first kappa shape index (κ1) is 20.0. The molecule has 148 valence electrons. The summed E-state index contributed by atoms with van der Waals surface area (Å²) in [6.07, 6.45) is 0. The Morgan fingerprint density at radius 3 is 2.43 bits per heavy atom. The molecule has 1 fully saturated rings. The first-order valence-corrected chi connectivity index (χ1v) is 9.69. The second-order valence-corrected chi connectivity index (χ2v) is 7.62. The second-order valence-electron chi connectivity index (χ2n) is 7.62. The Hall–Kier alpha value is -2.77. The van der Waals surface area contributed by atoms with Gasteiger partial charge in [-0.2, -0.15) is 0 Å². The van der Waals surface area contributed by atoms with E-state index >= 15 is 0 Å². The SMILES string of the molecule is Cc1cccc(C[NH+]2CC[NH+](CC(=O)Nc3c(C)cccc3[N+](=O)[O-])CC2)c1. The highest BCUT2D eigenvalue weighted by Gasteiger charge is 2.26. The number of nitrogens with one attached hydrogen (secondary N) is 3. The maximum absolute atomic E-state index is 12.5. The largest absolute Gasteiger partial charge is 0.322 e. The number of anilines is 1. The van der Waals surface area contributed by atoms with Crippen molar-refractivity contribution in [1.29, 1.82) is 0 Å². The first-order chi connectivity index (χ1) is 13.4. The van der Waals surface area contributed by atoms with Gasteiger partial charge in [0.1, 0.15) is 38.4 Å². The molecule has 1 amide bonds. The summed E-state index contributed by atoms with van der Waals surface area (Å²) in [4.78, 5) is 26.0. The number of para-hydroxylation sites is 1. The number of carbonyl (C=O) groups excluding carboxylic acids is 1. The lowest BCUT2D eigenvalue weighted by molar-refractivity contribution is -1.02. The van der Waals surface area contributed by atoms with Gasteiger partial charge in [0.15, 0.2) is 6.54 Å². The van der Waals surface area contributed by atoms with Crippen molar-refractivity contribution in [2.45, 2.75) is 20.4 Å². The standard InChI is InChI=1S/C21H26N4O3/c1-16-5-3-7-18(13-16)14-23-9-11-24(12-10-23)15-20(26)22-21-17(2)6-4-8-19(21)25(27)28/h3-8,13H,9-12,14-15H2,1-2H3,(H,22,26)/p+2. The van der Waals surface area contributed by atoms with Gasteiger partial charge >= 0.3 is 0 Å². The summed E-state index contributed by atoms with van der Waals surface area (Å²) in [7, 11) is 0. The van der Waals surface area contributed by atoms with Gasteiger partial charge < -0.3 is 15.1 Å². The average molecular weight is 384 g/mol. The van der Waals surface area contributed by atoms with E-state index in [0.29, 0.717) is 17.8 Å². The number of hydrogen-bond donors (Lipinski definition) is 3. The van der Waals surface area contributed by atoms with E-state index in [2.05, 4.69) is 36.5 Å². The summed E-state index contributed by atoms with van der Waals surface area (Å²) >= 11 is 0. The Kier molecular flexibility index (Phi) is 6.38. The van der Waals surface area contributed by atoms with Gasteiger partial charge in [-0.15, -0.1) is 0 Å². The van der Waals surface area contributed by atoms with Crippen LogP contribution in [-0.2, 0) is 11.3 Å². The van der Waals surface area contributed by atoms with Crippen LogP contribution in [0, 0.1) is 24.0 Å². The van der Waals surface area contributed by atoms with Crippen LogP contribution in [0.5, 0.6) is 0 Å². The first-order valence-electron chi connectivity index (χ1n) is 9.69. The summed E-state index contributed by atoms with van der Waals surface area (Å²) in [5, 5.41) is 14.0. The number of aryl methyl sites for hydroxylation is 2. The lowest BCUT2D eigenvalue weighted by atomic mass is 10.1. The van der Waals surface area contributed by atoms with Crippen molar-refractivity contribution in [3.63, 3.8) is 0 Å². The van der Waals surface area contributed by atoms with Gasteiger partial charge in [0.25, 0.3) is 11.6 Å². The smallest absolute Gasteiger partial charge is 0.293 e. The molecular weight excluding hydrogens is 356 g/mol. The fourth-order valence-electron chi connectivity index (χ4n) is 3.80. The van der Waals surface area contributed by atoms with Crippen LogP contribution in [0.15, 0.2) is 42.5 Å². The van der Waals surface area contributed by atoms with Crippen LogP contribution in [0.2, 0.25) is 0 Å². The van der Waals surface area contributed by atoms with Crippen LogP contribution < -0.4 is 15.1 Å². The second kappa shape index (κ2) is 8.95. The quantitative estimate of drug-likeness (QED) is 0.489. The number of benzene rings is 2. The number of amides is 1. The molecule has 7 nitrogen and oxygen atoms in total. The number of nitro benzene ring substituents is 1. The average Bonchev–Trinajstić information content (AvgIpc) is 2.65. The molecular formula is C21H28N4O3+2. The van der Waals surface area contributed by atoms with E-state index in [-0.39, 0.29) is 11.6 Å². The van der Waals surface area contributed by atoms with Crippen LogP contribution in [-0.4, -0.2) is 43.6 Å². The number of hydrogen-bond acceptors (Lipinski definition) is 3. The monoisotopic (exact) mass is 384 g/mol. The molecule has 1 aliphatic heterocycles. The van der Waals surface area contributed by atoms with Crippen molar-refractivity contribution in [2.75, 3.05) is 38.0 Å². The fraction of sp³-hybridized carbons (Fsp3) is 0.381. The van der Waals surface area contributed by atoms with Crippen molar-refractivity contribution in [1.82, 2.24) is 0 Å². The number of nitrogens with zero attached hydrogens (tertiary/aromatic N) is 1. The van der Waals surface area contributed by atoms with Gasteiger partial charge in [-0.3, -0.25) is 14.9 Å². The highest BCUT2D eigenvalue weighted by molar-refractivity contribution is 5.94. The summed E-state index contributed by atoms with van der Waals surface area (Å²) in [6, 6.07) is 13.4. The number of nitro groups is 1. The molecule has 0 radical (unpaired) electrons. The third-order valence-electron chi connectivity index (χ3n) is 5.32. The summed E-state index contributed by atoms with van der Waals surface area (Å²) < 4.78 is 0. The molecule has 2 aromatic carbocycles. The predicted molar refractivity (Wildman–Crippen MR) is 108 cm³/mol. The minimum Gasteiger partial charge on any atom is -0.322 e. The summed E-state index contributed by atoms with van der Waals surface area (Å²) in [5.74, 6) is -0.172. The van der Waals surface area contributed by atoms with E-state index in [0.717, 1.165) is 32.7 Å². The zero-order chi connectivity index (χ0) is 20.1. The summed E-state index contributed by atoms with van der Waals surface area (Å²) in [6.45, 7) is 9.10. The zero-order valence-electron chi connectivity index (χ0n) is 16.5. The van der Waals surface area contributed by atoms with Gasteiger partial charge in [-0.25, -0.2) is 0 Å². The number of quaternary nitrogens is 2. The Balaban J connectivity index is 1.51. The van der Waals surface area contributed by atoms with Crippen LogP contribution in [0.25, 0.3) is 0 Å². The van der Waals surface area contributed by atoms with Crippen molar-refractivity contribution >= 4 is 17.3 Å². The van der Waals surface area contributed by atoms with Crippen molar-refractivity contribution < 1.29 is 19.5 Å². The highest BCUT2D eigenvalue weighted by atomic mass is 16.6. The molecule has 0 aromatic heterocycles. The molecule has 0 aliphatic carbocycles. The zero-order valence-corrected chi connectivity index (χ0v) is 16.5. The Bertz CT molecular complexity index is 860. The van der Waals surface area contributed by atoms with E-state index in [1.165, 1.54) is 27.0 Å². The van der Waals surface area contributed by atoms with Crippen molar-refractivity contribution in [3.8, 4) is 0 Å². The molecule has 3 rings (SSSR count). The topological polar surface area (TPSA) is 81.1 Å². The molecule has 0 saturated carbocycles. The van der Waals surface area contributed by atoms with Gasteiger partial charge in [0, 0.05) is 11.6 Å². The van der Waals surface area contributed by atoms with Gasteiger partial charge in [0.2, 0.25) is 0 Å². The van der Waals surface area contributed by atoms with Crippen molar-refractivity contribution in [2.24, 2.45) is 0 Å². The van der Waals surface area contributed by atoms with E-state index in [4.69, 9.17) is 0 Å². The van der Waals surface area contributed by atoms with Crippen LogP contribution >= 0.6 is 0 Å². The molecule has 0 spiro atoms. The van der Waals surface area contributed by atoms with Gasteiger partial charge in [-0.1, -0.05) is 42.0 Å². The Morgan fingerprint density at radius 2 is 1.75 bits per heavy atom. The minimum absolute atomic E-state index is 0.0595. The van der Waals surface area contributed by atoms with Crippen LogP contribution in [0.4, 0.5) is 11.4 Å². The molecule has 0 bridgehead atoms. The lowest BCUT2D eigenvalue weighted by Crippen LogP contribution is -3.28. The minimum atomic E-state index is -0.455. The Labute approximate surface area is 165 Å². The molecule has 0 unspecified atom stereocenters. The maximum Gasteiger partial charge on any atom is 0.293 e. The van der Waals surface area contributed by atoms with Crippen LogP contribution in [0.1, 0.15) is 16.7 Å². The fourth-order valence-corrected chi connectivity index (χ4v) is 3.80. The molecule has 2 aromatic rings. The normalized spacial score (nSPS) is 19.2. The van der Waals surface area contributed by atoms with Crippen LogP contribution in [0.3, 0.4) is 0 Å². The van der Waals surface area contributed by atoms with Gasteiger partial charge in [-0.05, 0) is 19.4 Å². The number of carbonyl (C=O) groups is 1. The molecule has 7 heteroatoms. The van der Waals surface area contributed by atoms with E-state index in [1.54, 1.807) is 19.1 Å². The molecule has 1 aliphatic rings. The van der Waals surface area contributed by atoms with Crippen molar-refractivity contribution in [3.05, 3.63) is 69.3 Å². The third kappa shape index (κ3) is 5.15. The molecule has 3 N–H and O–H groups in total. The van der Waals surface area contributed by atoms with E-state index in [9.17, 15) is 14.9 Å². The predicted octanol–water partition coefficient (Wildman–Crippen LogP) is 0.134. The number of piperazine rings is 1. The van der Waals surface area contributed by atoms with E-state index in [1.807, 2.05) is 0 Å². The maximum atomic E-state index is 12.5. The van der Waals surface area contributed by atoms with Gasteiger partial charge in [0.05, 0.1) is 4.92 Å². The van der Waals surface area contributed by atoms with E-state index < -0.39 is 4.92 Å². The highest BCUT2D eigenvalue weighted by Crippen LogP contribution is 2.27. The molecule has 1 saturated heterocycles. The molecule has 1 heterocycles. The third-order valence-corrected chi connectivity index (χ3v) is 5.32. The summed E-state index contributed by atoms with van der Waals surface area (Å²) in [5.41, 5.74) is 3.58. The molecule has 28 heavy (non-hydrogen) atoms. The number of rotatable bonds is 6.